The summed E-state index contributed by atoms with van der Waals surface area (Å²) < 4.78 is 0. The van der Waals surface area contributed by atoms with Crippen molar-refractivity contribution in [2.45, 2.75) is 113 Å². The van der Waals surface area contributed by atoms with E-state index in [0.29, 0.717) is 0 Å². The van der Waals surface area contributed by atoms with Crippen molar-refractivity contribution in [3.63, 3.8) is 0 Å². The molecule has 3 aromatic heterocycles. The average molecular weight is 537 g/mol. The highest BCUT2D eigenvalue weighted by molar-refractivity contribution is 6.22. The van der Waals surface area contributed by atoms with Gasteiger partial charge in [0.2, 0.25) is 0 Å². The standard InChI is InChI=1S/C36H48N4/c1-9-21-22(10-2)30-18-32-25(13-5)26(14-6)34(39-32)20-36-28(16-8)27(15-7)35(40-36)19-33-24(12-4)23(11-3)31(38-33)17-29(21)37-30/h17-20,29,38-40H,9-16H2,1-8H3/b31-17-,32-18?,33-19-,34-20?. The summed E-state index contributed by atoms with van der Waals surface area (Å²) in [6.45, 7) is 18.3. The van der Waals surface area contributed by atoms with Crippen LogP contribution in [0.3, 0.4) is 0 Å². The predicted octanol–water partition coefficient (Wildman–Crippen LogP) is 5.22. The van der Waals surface area contributed by atoms with Crippen molar-refractivity contribution in [3.05, 3.63) is 77.3 Å². The average Bonchev–Trinajstić information content (AvgIpc) is 3.67. The minimum atomic E-state index is 0.0762. The number of fused-ring (bicyclic) bond motifs is 7. The van der Waals surface area contributed by atoms with Gasteiger partial charge in [-0.1, -0.05) is 55.4 Å². The van der Waals surface area contributed by atoms with Gasteiger partial charge >= 0.3 is 0 Å². The molecule has 5 heterocycles. The summed E-state index contributed by atoms with van der Waals surface area (Å²) in [5.74, 6) is 0. The van der Waals surface area contributed by atoms with Crippen molar-refractivity contribution in [3.8, 4) is 0 Å². The molecule has 4 heteroatoms. The molecule has 3 aromatic rings. The topological polar surface area (TPSA) is 59.7 Å². The third-order valence-electron chi connectivity index (χ3n) is 9.22. The maximum Gasteiger partial charge on any atom is 0.0926 e. The van der Waals surface area contributed by atoms with Crippen LogP contribution in [0, 0.1) is 0 Å². The van der Waals surface area contributed by atoms with Crippen molar-refractivity contribution >= 4 is 30.0 Å². The van der Waals surface area contributed by atoms with E-state index >= 15 is 0 Å². The van der Waals surface area contributed by atoms with Crippen LogP contribution in [0.2, 0.25) is 0 Å². The van der Waals surface area contributed by atoms with Crippen LogP contribution in [-0.4, -0.2) is 26.7 Å². The maximum absolute atomic E-state index is 5.38. The Morgan fingerprint density at radius 2 is 0.950 bits per heavy atom. The van der Waals surface area contributed by atoms with E-state index in [0.717, 1.165) is 57.1 Å². The Balaban J connectivity index is 1.96. The molecule has 0 aliphatic carbocycles. The first-order valence-corrected chi connectivity index (χ1v) is 15.9. The summed E-state index contributed by atoms with van der Waals surface area (Å²) in [6.07, 6.45) is 17.6. The van der Waals surface area contributed by atoms with Crippen LogP contribution < -0.4 is 21.4 Å². The molecule has 2 aliphatic heterocycles. The molecule has 212 valence electrons. The van der Waals surface area contributed by atoms with Gasteiger partial charge in [0.25, 0.3) is 0 Å². The smallest absolute Gasteiger partial charge is 0.0926 e. The van der Waals surface area contributed by atoms with Gasteiger partial charge < -0.3 is 15.0 Å². The van der Waals surface area contributed by atoms with Crippen LogP contribution >= 0.6 is 0 Å². The van der Waals surface area contributed by atoms with Gasteiger partial charge in [-0.3, -0.25) is 4.99 Å². The number of hydrogen-bond acceptors (Lipinski definition) is 1. The zero-order valence-corrected chi connectivity index (χ0v) is 26.0. The Labute approximate surface area is 239 Å². The van der Waals surface area contributed by atoms with Gasteiger partial charge in [-0.2, -0.15) is 0 Å². The molecule has 8 bridgehead atoms. The molecule has 40 heavy (non-hydrogen) atoms. The molecule has 0 radical (unpaired) electrons. The normalized spacial score (nSPS) is 18.1. The first-order chi connectivity index (χ1) is 19.5. The summed E-state index contributed by atoms with van der Waals surface area (Å²) in [4.78, 5) is 17.0. The molecule has 1 unspecified atom stereocenters. The first-order valence-electron chi connectivity index (χ1n) is 15.9. The van der Waals surface area contributed by atoms with Crippen LogP contribution in [0.15, 0.2) is 16.1 Å². The van der Waals surface area contributed by atoms with Crippen molar-refractivity contribution in [2.24, 2.45) is 4.99 Å². The van der Waals surface area contributed by atoms with Gasteiger partial charge in [0.1, 0.15) is 0 Å². The van der Waals surface area contributed by atoms with Crippen LogP contribution in [0.1, 0.15) is 113 Å². The third kappa shape index (κ3) is 4.60. The summed E-state index contributed by atoms with van der Waals surface area (Å²) in [5, 5.41) is 4.92. The SMILES string of the molecule is CCC1=C(CC)C2/C=c3\[nH]/c(c(CC)c3CC)=C\c3[nH]c(c(CC)c3CC)C=c3[nH]c(c(CC)c3CC)=CC1=N2. The second-order valence-corrected chi connectivity index (χ2v) is 11.1. The fraction of sp³-hybridized carbons (Fsp3) is 0.472. The Kier molecular flexibility index (Phi) is 8.26. The molecule has 0 saturated heterocycles. The quantitative estimate of drug-likeness (QED) is 0.354. The molecule has 2 aliphatic rings. The summed E-state index contributed by atoms with van der Waals surface area (Å²) in [7, 11) is 0. The van der Waals surface area contributed by atoms with Crippen LogP contribution in [-0.2, 0) is 38.5 Å². The summed E-state index contributed by atoms with van der Waals surface area (Å²) in [5.41, 5.74) is 15.0. The minimum absolute atomic E-state index is 0.0762. The van der Waals surface area contributed by atoms with E-state index in [1.54, 1.807) is 0 Å². The molecular weight excluding hydrogens is 488 g/mol. The number of H-pyrrole nitrogens is 3. The minimum Gasteiger partial charge on any atom is -0.355 e. The lowest BCUT2D eigenvalue weighted by molar-refractivity contribution is 0.915. The van der Waals surface area contributed by atoms with E-state index in [4.69, 9.17) is 4.99 Å². The van der Waals surface area contributed by atoms with E-state index in [9.17, 15) is 0 Å². The fourth-order valence-corrected chi connectivity index (χ4v) is 7.37. The second-order valence-electron chi connectivity index (χ2n) is 11.1. The highest BCUT2D eigenvalue weighted by Crippen LogP contribution is 2.29. The van der Waals surface area contributed by atoms with Crippen molar-refractivity contribution in [1.82, 2.24) is 15.0 Å². The van der Waals surface area contributed by atoms with E-state index < -0.39 is 0 Å². The predicted molar refractivity (Wildman–Crippen MR) is 172 cm³/mol. The third-order valence-corrected chi connectivity index (χ3v) is 9.22. The molecule has 0 fully saturated rings. The number of aromatic amines is 3. The maximum atomic E-state index is 5.38. The zero-order valence-electron chi connectivity index (χ0n) is 26.0. The van der Waals surface area contributed by atoms with Crippen LogP contribution in [0.5, 0.6) is 0 Å². The summed E-state index contributed by atoms with van der Waals surface area (Å²) in [6, 6.07) is 0.0762. The highest BCUT2D eigenvalue weighted by atomic mass is 14.8. The van der Waals surface area contributed by atoms with E-state index in [-0.39, 0.29) is 6.04 Å². The number of nitrogens with one attached hydrogen (secondary N) is 3. The molecule has 0 amide bonds. The molecule has 0 aromatic carbocycles. The molecule has 4 nitrogen and oxygen atoms in total. The zero-order chi connectivity index (χ0) is 28.6. The van der Waals surface area contributed by atoms with Crippen molar-refractivity contribution in [2.75, 3.05) is 0 Å². The largest absolute Gasteiger partial charge is 0.355 e. The molecule has 1 atom stereocenters. The Morgan fingerprint density at radius 3 is 1.40 bits per heavy atom. The van der Waals surface area contributed by atoms with E-state index in [1.165, 1.54) is 77.3 Å². The fourth-order valence-electron chi connectivity index (χ4n) is 7.37. The lowest BCUT2D eigenvalue weighted by Crippen LogP contribution is -2.16. The van der Waals surface area contributed by atoms with E-state index in [2.05, 4.69) is 94.6 Å². The van der Waals surface area contributed by atoms with Gasteiger partial charge in [-0.15, -0.1) is 0 Å². The van der Waals surface area contributed by atoms with Gasteiger partial charge in [-0.05, 0) is 120 Å². The number of rotatable bonds is 8. The van der Waals surface area contributed by atoms with Gasteiger partial charge in [0.05, 0.1) is 11.8 Å². The molecule has 0 spiro atoms. The Hall–Kier alpha value is -3.27. The van der Waals surface area contributed by atoms with Crippen LogP contribution in [0.4, 0.5) is 0 Å². The number of allylic oxidation sites excluding steroid dienone is 1. The number of hydrogen-bond donors (Lipinski definition) is 3. The lowest BCUT2D eigenvalue weighted by Gasteiger charge is -2.08. The van der Waals surface area contributed by atoms with Crippen LogP contribution in [0.25, 0.3) is 24.3 Å². The monoisotopic (exact) mass is 536 g/mol. The first kappa shape index (κ1) is 28.3. The number of aliphatic imine (C=N–C) groups is 1. The molecular formula is C36H48N4. The molecule has 3 N–H and O–H groups in total. The van der Waals surface area contributed by atoms with Crippen molar-refractivity contribution in [1.29, 1.82) is 0 Å². The Morgan fingerprint density at radius 1 is 0.500 bits per heavy atom. The summed E-state index contributed by atoms with van der Waals surface area (Å²) >= 11 is 0. The molecule has 5 rings (SSSR count). The van der Waals surface area contributed by atoms with Gasteiger partial charge in [0, 0.05) is 32.8 Å². The molecule has 0 saturated carbocycles. The highest BCUT2D eigenvalue weighted by Gasteiger charge is 2.24. The second kappa shape index (κ2) is 11.7. The number of aromatic nitrogens is 3. The Bertz CT molecular complexity index is 1730. The number of nitrogens with zero attached hydrogens (tertiary/aromatic N) is 1. The van der Waals surface area contributed by atoms with Gasteiger partial charge in [0.15, 0.2) is 0 Å². The van der Waals surface area contributed by atoms with Crippen molar-refractivity contribution < 1.29 is 0 Å². The van der Waals surface area contributed by atoms with E-state index in [1.807, 2.05) is 0 Å². The lowest BCUT2D eigenvalue weighted by atomic mass is 9.96. The van der Waals surface area contributed by atoms with Gasteiger partial charge in [-0.25, -0.2) is 0 Å².